The third-order valence-electron chi connectivity index (χ3n) is 3.31. The van der Waals surface area contributed by atoms with Crippen LogP contribution in [0.2, 0.25) is 0 Å². The van der Waals surface area contributed by atoms with Crippen molar-refractivity contribution < 1.29 is 14.3 Å². The zero-order valence-corrected chi connectivity index (χ0v) is 9.64. The van der Waals surface area contributed by atoms with Crippen molar-refractivity contribution in [1.82, 2.24) is 0 Å². The summed E-state index contributed by atoms with van der Waals surface area (Å²) in [5, 5.41) is 8.53. The van der Waals surface area contributed by atoms with Crippen molar-refractivity contribution in [3.63, 3.8) is 0 Å². The van der Waals surface area contributed by atoms with Gasteiger partial charge < -0.3 is 5.11 Å². The van der Waals surface area contributed by atoms with Crippen molar-refractivity contribution in [3.8, 4) is 0 Å². The number of allylic oxidation sites excluding steroid dienone is 1. The van der Waals surface area contributed by atoms with Crippen LogP contribution in [-0.2, 0) is 4.79 Å². The second-order valence-corrected chi connectivity index (χ2v) is 5.36. The second-order valence-electron chi connectivity index (χ2n) is 5.36. The van der Waals surface area contributed by atoms with E-state index in [4.69, 9.17) is 5.11 Å². The van der Waals surface area contributed by atoms with E-state index in [2.05, 4.69) is 20.8 Å². The van der Waals surface area contributed by atoms with E-state index in [1.165, 1.54) is 0 Å². The minimum atomic E-state index is -1.42. The molecule has 1 N–H and O–H groups in total. The van der Waals surface area contributed by atoms with E-state index in [-0.39, 0.29) is 5.41 Å². The van der Waals surface area contributed by atoms with E-state index in [1.807, 2.05) is 0 Å². The maximum Gasteiger partial charge on any atom is 0.364 e. The van der Waals surface area contributed by atoms with Gasteiger partial charge in [-0.1, -0.05) is 20.8 Å². The first-order valence-electron chi connectivity index (χ1n) is 5.43. The van der Waals surface area contributed by atoms with Gasteiger partial charge in [-0.15, -0.1) is 0 Å². The monoisotopic (exact) mass is 214 g/mol. The topological polar surface area (TPSA) is 37.3 Å². The fraction of sp³-hybridized carbons (Fsp3) is 0.750. The van der Waals surface area contributed by atoms with Crippen LogP contribution in [-0.4, -0.2) is 11.1 Å². The molecule has 0 heterocycles. The van der Waals surface area contributed by atoms with Crippen LogP contribution in [0.15, 0.2) is 11.4 Å². The Hall–Kier alpha value is -0.860. The number of carboxylic acid groups (broad SMARTS) is 1. The second kappa shape index (κ2) is 4.33. The largest absolute Gasteiger partial charge is 0.476 e. The Bertz CT molecular complexity index is 276. The van der Waals surface area contributed by atoms with E-state index in [0.29, 0.717) is 24.3 Å². The molecule has 15 heavy (non-hydrogen) atoms. The van der Waals surface area contributed by atoms with Crippen LogP contribution in [0.1, 0.15) is 46.5 Å². The Balaban J connectivity index is 2.64. The molecule has 0 radical (unpaired) electrons. The highest BCUT2D eigenvalue weighted by Crippen LogP contribution is 2.40. The molecule has 0 bridgehead atoms. The number of carboxylic acids is 1. The van der Waals surface area contributed by atoms with Gasteiger partial charge in [0.25, 0.3) is 0 Å². The first kappa shape index (κ1) is 12.2. The van der Waals surface area contributed by atoms with Gasteiger partial charge in [-0.2, -0.15) is 4.39 Å². The van der Waals surface area contributed by atoms with Gasteiger partial charge in [0.05, 0.1) is 0 Å². The number of hydrogen-bond acceptors (Lipinski definition) is 1. The quantitative estimate of drug-likeness (QED) is 0.678. The van der Waals surface area contributed by atoms with Gasteiger partial charge in [-0.3, -0.25) is 0 Å². The molecule has 1 saturated carbocycles. The molecule has 1 rings (SSSR count). The van der Waals surface area contributed by atoms with Crippen molar-refractivity contribution in [2.45, 2.75) is 46.5 Å². The average molecular weight is 214 g/mol. The normalized spacial score (nSPS) is 22.7. The Morgan fingerprint density at radius 2 is 1.80 bits per heavy atom. The van der Waals surface area contributed by atoms with Gasteiger partial charge in [0.15, 0.2) is 0 Å². The van der Waals surface area contributed by atoms with Gasteiger partial charge in [0, 0.05) is 0 Å². The summed E-state index contributed by atoms with van der Waals surface area (Å²) in [6.07, 6.45) is 3.00. The molecule has 0 unspecified atom stereocenters. The number of hydrogen-bond donors (Lipinski definition) is 1. The van der Waals surface area contributed by atoms with Crippen LogP contribution >= 0.6 is 0 Å². The molecule has 2 nitrogen and oxygen atoms in total. The lowest BCUT2D eigenvalue weighted by Gasteiger charge is -2.34. The predicted molar refractivity (Wildman–Crippen MR) is 57.2 cm³/mol. The molecule has 1 aliphatic rings. The van der Waals surface area contributed by atoms with E-state index in [1.54, 1.807) is 0 Å². The molecule has 0 aromatic carbocycles. The minimum absolute atomic E-state index is 0.241. The maximum atomic E-state index is 13.1. The minimum Gasteiger partial charge on any atom is -0.476 e. The molecule has 3 heteroatoms. The van der Waals surface area contributed by atoms with Crippen molar-refractivity contribution >= 4 is 5.97 Å². The highest BCUT2D eigenvalue weighted by atomic mass is 19.1. The van der Waals surface area contributed by atoms with Crippen molar-refractivity contribution in [2.75, 3.05) is 0 Å². The Kier molecular flexibility index (Phi) is 3.53. The van der Waals surface area contributed by atoms with Gasteiger partial charge in [-0.05, 0) is 42.6 Å². The Labute approximate surface area is 90.2 Å². The molecule has 0 atom stereocenters. The Morgan fingerprint density at radius 1 is 1.33 bits per heavy atom. The SMILES string of the molecule is CC(C)(C)C1CCC(=C(F)C(=O)O)CC1. The van der Waals surface area contributed by atoms with Crippen molar-refractivity contribution in [3.05, 3.63) is 11.4 Å². The summed E-state index contributed by atoms with van der Waals surface area (Å²) in [6.45, 7) is 6.54. The molecule has 0 amide bonds. The highest BCUT2D eigenvalue weighted by Gasteiger charge is 2.29. The molecule has 0 spiro atoms. The van der Waals surface area contributed by atoms with Gasteiger partial charge in [-0.25, -0.2) is 4.79 Å². The fourth-order valence-corrected chi connectivity index (χ4v) is 2.20. The van der Waals surface area contributed by atoms with Gasteiger partial charge in [0.1, 0.15) is 0 Å². The molecule has 1 fully saturated rings. The van der Waals surface area contributed by atoms with Crippen LogP contribution in [0.3, 0.4) is 0 Å². The smallest absolute Gasteiger partial charge is 0.364 e. The lowest BCUT2D eigenvalue weighted by Crippen LogP contribution is -2.24. The molecular formula is C12H19FO2. The van der Waals surface area contributed by atoms with Gasteiger partial charge in [0.2, 0.25) is 5.83 Å². The summed E-state index contributed by atoms with van der Waals surface area (Å²) < 4.78 is 13.1. The first-order valence-corrected chi connectivity index (χ1v) is 5.43. The maximum absolute atomic E-state index is 13.1. The average Bonchev–Trinajstić information content (AvgIpc) is 2.15. The third-order valence-corrected chi connectivity index (χ3v) is 3.31. The number of aliphatic carboxylic acids is 1. The lowest BCUT2D eigenvalue weighted by atomic mass is 9.71. The molecule has 0 saturated heterocycles. The number of carbonyl (C=O) groups is 1. The summed E-state index contributed by atoms with van der Waals surface area (Å²) in [5.74, 6) is -1.77. The molecule has 0 aliphatic heterocycles. The van der Waals surface area contributed by atoms with E-state index >= 15 is 0 Å². The summed E-state index contributed by atoms with van der Waals surface area (Å²) in [4.78, 5) is 10.4. The summed E-state index contributed by atoms with van der Waals surface area (Å²) in [7, 11) is 0. The van der Waals surface area contributed by atoms with Crippen LogP contribution in [0.5, 0.6) is 0 Å². The van der Waals surface area contributed by atoms with E-state index < -0.39 is 11.8 Å². The lowest BCUT2D eigenvalue weighted by molar-refractivity contribution is -0.134. The fourth-order valence-electron chi connectivity index (χ4n) is 2.20. The van der Waals surface area contributed by atoms with Crippen LogP contribution in [0, 0.1) is 11.3 Å². The summed E-state index contributed by atoms with van der Waals surface area (Å²) >= 11 is 0. The summed E-state index contributed by atoms with van der Waals surface area (Å²) in [6, 6.07) is 0. The number of rotatable bonds is 1. The molecule has 86 valence electrons. The van der Waals surface area contributed by atoms with Crippen molar-refractivity contribution in [2.24, 2.45) is 11.3 Å². The van der Waals surface area contributed by atoms with Crippen LogP contribution < -0.4 is 0 Å². The molecule has 0 aromatic heterocycles. The number of halogens is 1. The Morgan fingerprint density at radius 3 is 2.13 bits per heavy atom. The van der Waals surface area contributed by atoms with E-state index in [9.17, 15) is 9.18 Å². The zero-order chi connectivity index (χ0) is 11.6. The van der Waals surface area contributed by atoms with Gasteiger partial charge >= 0.3 is 5.97 Å². The van der Waals surface area contributed by atoms with Crippen LogP contribution in [0.4, 0.5) is 4.39 Å². The molecule has 1 aliphatic carbocycles. The molecule has 0 aromatic rings. The third kappa shape index (κ3) is 3.05. The van der Waals surface area contributed by atoms with Crippen molar-refractivity contribution in [1.29, 1.82) is 0 Å². The predicted octanol–water partition coefficient (Wildman–Crippen LogP) is 3.53. The standard InChI is InChI=1S/C12H19FO2/c1-12(2,3)9-6-4-8(5-7-9)10(13)11(14)15/h9H,4-7H2,1-3H3,(H,14,15). The first-order chi connectivity index (χ1) is 6.82. The van der Waals surface area contributed by atoms with E-state index in [0.717, 1.165) is 12.8 Å². The molecular weight excluding hydrogens is 195 g/mol. The highest BCUT2D eigenvalue weighted by molar-refractivity contribution is 5.84. The van der Waals surface area contributed by atoms with Crippen LogP contribution in [0.25, 0.3) is 0 Å². The summed E-state index contributed by atoms with van der Waals surface area (Å²) in [5.41, 5.74) is 0.730. The zero-order valence-electron chi connectivity index (χ0n) is 9.64.